The first-order valence-electron chi connectivity index (χ1n) is 9.86. The molecule has 2 aromatic rings. The maximum absolute atomic E-state index is 12.8. The summed E-state index contributed by atoms with van der Waals surface area (Å²) in [4.78, 5) is 31.4. The van der Waals surface area contributed by atoms with E-state index in [1.807, 2.05) is 39.9 Å². The Morgan fingerprint density at radius 1 is 1.34 bits per heavy atom. The van der Waals surface area contributed by atoms with Crippen LogP contribution in [0.4, 0.5) is 0 Å². The molecule has 2 aliphatic rings. The standard InChI is InChI=1S/C21H26N4O4/c1-22-19(27)17-14-25-11-8-23-20(25)21(29-17)6-9-24(10-7-21)18(26)13-15-4-3-5-16(12-15)28-2/h3-5,8,11-12,17H,6-7,9-10,13-14H2,1-2H3,(H,22,27). The lowest BCUT2D eigenvalue weighted by Crippen LogP contribution is -2.54. The highest BCUT2D eigenvalue weighted by molar-refractivity contribution is 5.80. The van der Waals surface area contributed by atoms with Crippen LogP contribution < -0.4 is 10.1 Å². The van der Waals surface area contributed by atoms with E-state index in [9.17, 15) is 9.59 Å². The van der Waals surface area contributed by atoms with Crippen LogP contribution in [0.1, 0.15) is 24.2 Å². The highest BCUT2D eigenvalue weighted by atomic mass is 16.5. The number of piperidine rings is 1. The van der Waals surface area contributed by atoms with E-state index in [4.69, 9.17) is 9.47 Å². The van der Waals surface area contributed by atoms with Crippen molar-refractivity contribution >= 4 is 11.8 Å². The fourth-order valence-electron chi connectivity index (χ4n) is 4.22. The molecule has 1 spiro atoms. The number of amides is 2. The van der Waals surface area contributed by atoms with Crippen molar-refractivity contribution in [3.05, 3.63) is 48.0 Å². The highest BCUT2D eigenvalue weighted by Crippen LogP contribution is 2.40. The second kappa shape index (κ2) is 7.87. The number of methoxy groups -OCH3 is 1. The largest absolute Gasteiger partial charge is 0.497 e. The fraction of sp³-hybridized carbons (Fsp3) is 0.476. The van der Waals surface area contributed by atoms with E-state index in [-0.39, 0.29) is 11.8 Å². The zero-order valence-corrected chi connectivity index (χ0v) is 16.8. The Bertz CT molecular complexity index is 902. The summed E-state index contributed by atoms with van der Waals surface area (Å²) in [5, 5.41) is 2.67. The van der Waals surface area contributed by atoms with Gasteiger partial charge in [-0.15, -0.1) is 0 Å². The summed E-state index contributed by atoms with van der Waals surface area (Å²) >= 11 is 0. The van der Waals surface area contributed by atoms with Gasteiger partial charge in [0.25, 0.3) is 5.91 Å². The van der Waals surface area contributed by atoms with Crippen LogP contribution in [-0.2, 0) is 32.9 Å². The quantitative estimate of drug-likeness (QED) is 0.834. The van der Waals surface area contributed by atoms with Gasteiger partial charge in [0.15, 0.2) is 6.10 Å². The fourth-order valence-corrected chi connectivity index (χ4v) is 4.22. The highest BCUT2D eigenvalue weighted by Gasteiger charge is 2.47. The maximum atomic E-state index is 12.8. The zero-order valence-electron chi connectivity index (χ0n) is 16.8. The summed E-state index contributed by atoms with van der Waals surface area (Å²) in [5.74, 6) is 1.53. The van der Waals surface area contributed by atoms with E-state index >= 15 is 0 Å². The Kier molecular flexibility index (Phi) is 5.27. The topological polar surface area (TPSA) is 85.7 Å². The third-order valence-electron chi connectivity index (χ3n) is 5.81. The number of hydrogen-bond donors (Lipinski definition) is 1. The molecule has 0 radical (unpaired) electrons. The molecule has 8 nitrogen and oxygen atoms in total. The minimum atomic E-state index is -0.633. The third-order valence-corrected chi connectivity index (χ3v) is 5.81. The zero-order chi connectivity index (χ0) is 20.4. The molecule has 1 unspecified atom stereocenters. The predicted molar refractivity (Wildman–Crippen MR) is 105 cm³/mol. The van der Waals surface area contributed by atoms with Crippen molar-refractivity contribution in [3.8, 4) is 5.75 Å². The molecular formula is C21H26N4O4. The molecule has 1 atom stereocenters. The summed E-state index contributed by atoms with van der Waals surface area (Å²) in [6.45, 7) is 1.58. The van der Waals surface area contributed by atoms with Gasteiger partial charge in [-0.1, -0.05) is 12.1 Å². The van der Waals surface area contributed by atoms with Gasteiger partial charge in [-0.3, -0.25) is 9.59 Å². The minimum Gasteiger partial charge on any atom is -0.497 e. The molecule has 1 aromatic carbocycles. The van der Waals surface area contributed by atoms with E-state index in [0.29, 0.717) is 38.9 Å². The van der Waals surface area contributed by atoms with Gasteiger partial charge in [0.1, 0.15) is 17.2 Å². The van der Waals surface area contributed by atoms with Gasteiger partial charge in [0.05, 0.1) is 20.1 Å². The Morgan fingerprint density at radius 2 is 2.14 bits per heavy atom. The molecule has 0 bridgehead atoms. The van der Waals surface area contributed by atoms with E-state index in [2.05, 4.69) is 10.3 Å². The van der Waals surface area contributed by atoms with E-state index < -0.39 is 11.7 Å². The molecule has 1 N–H and O–H groups in total. The molecule has 2 aliphatic heterocycles. The van der Waals surface area contributed by atoms with Gasteiger partial charge < -0.3 is 24.3 Å². The Hall–Kier alpha value is -2.87. The van der Waals surface area contributed by atoms with Gasteiger partial charge in [-0.25, -0.2) is 4.98 Å². The summed E-state index contributed by atoms with van der Waals surface area (Å²) in [6.07, 6.45) is 4.63. The number of imidazole rings is 1. The number of fused-ring (bicyclic) bond motifs is 2. The molecule has 1 fully saturated rings. The second-order valence-electron chi connectivity index (χ2n) is 7.53. The van der Waals surface area contributed by atoms with Crippen LogP contribution in [0, 0.1) is 0 Å². The van der Waals surface area contributed by atoms with Gasteiger partial charge in [-0.2, -0.15) is 0 Å². The summed E-state index contributed by atoms with van der Waals surface area (Å²) in [7, 11) is 3.23. The summed E-state index contributed by atoms with van der Waals surface area (Å²) in [6, 6.07) is 7.57. The number of benzene rings is 1. The molecular weight excluding hydrogens is 372 g/mol. The lowest BCUT2D eigenvalue weighted by Gasteiger charge is -2.45. The van der Waals surface area contributed by atoms with Crippen LogP contribution in [0.25, 0.3) is 0 Å². The van der Waals surface area contributed by atoms with Crippen LogP contribution in [0.5, 0.6) is 5.75 Å². The van der Waals surface area contributed by atoms with Crippen molar-refractivity contribution in [2.24, 2.45) is 0 Å². The molecule has 29 heavy (non-hydrogen) atoms. The second-order valence-corrected chi connectivity index (χ2v) is 7.53. The Balaban J connectivity index is 1.45. The monoisotopic (exact) mass is 398 g/mol. The Labute approximate surface area is 169 Å². The van der Waals surface area contributed by atoms with E-state index in [1.54, 1.807) is 20.4 Å². The van der Waals surface area contributed by atoms with Crippen LogP contribution >= 0.6 is 0 Å². The van der Waals surface area contributed by atoms with Gasteiger partial charge in [0.2, 0.25) is 5.91 Å². The third kappa shape index (κ3) is 3.72. The molecule has 154 valence electrons. The van der Waals surface area contributed by atoms with Crippen molar-refractivity contribution in [2.75, 3.05) is 27.2 Å². The number of rotatable bonds is 4. The lowest BCUT2D eigenvalue weighted by atomic mass is 9.88. The number of nitrogens with one attached hydrogen (secondary N) is 1. The van der Waals surface area contributed by atoms with Crippen molar-refractivity contribution in [3.63, 3.8) is 0 Å². The lowest BCUT2D eigenvalue weighted by molar-refractivity contribution is -0.175. The van der Waals surface area contributed by atoms with Gasteiger partial charge >= 0.3 is 0 Å². The molecule has 3 heterocycles. The molecule has 0 aliphatic carbocycles. The first-order chi connectivity index (χ1) is 14.0. The molecule has 0 saturated carbocycles. The van der Waals surface area contributed by atoms with Crippen molar-refractivity contribution in [1.82, 2.24) is 19.8 Å². The molecule has 2 amide bonds. The normalized spacial score (nSPS) is 20.2. The number of carbonyl (C=O) groups excluding carboxylic acids is 2. The molecule has 8 heteroatoms. The van der Waals surface area contributed by atoms with Crippen molar-refractivity contribution in [1.29, 1.82) is 0 Å². The van der Waals surface area contributed by atoms with Crippen molar-refractivity contribution in [2.45, 2.75) is 37.5 Å². The number of nitrogens with zero attached hydrogens (tertiary/aromatic N) is 3. The van der Waals surface area contributed by atoms with Gasteiger partial charge in [-0.05, 0) is 17.7 Å². The summed E-state index contributed by atoms with van der Waals surface area (Å²) in [5.41, 5.74) is 0.296. The average Bonchev–Trinajstić information content (AvgIpc) is 3.23. The van der Waals surface area contributed by atoms with Gasteiger partial charge in [0, 0.05) is 45.4 Å². The van der Waals surface area contributed by atoms with Crippen LogP contribution in [-0.4, -0.2) is 59.6 Å². The number of hydrogen-bond acceptors (Lipinski definition) is 5. The smallest absolute Gasteiger partial charge is 0.250 e. The summed E-state index contributed by atoms with van der Waals surface area (Å²) < 4.78 is 13.5. The minimum absolute atomic E-state index is 0.0788. The molecule has 1 aromatic heterocycles. The predicted octanol–water partition coefficient (Wildman–Crippen LogP) is 1.10. The number of likely N-dealkylation sites (tertiary alicyclic amines) is 1. The number of aromatic nitrogens is 2. The number of likely N-dealkylation sites (N-methyl/N-ethyl adjacent to an activating group) is 1. The molecule has 1 saturated heterocycles. The maximum Gasteiger partial charge on any atom is 0.250 e. The Morgan fingerprint density at radius 3 is 2.86 bits per heavy atom. The van der Waals surface area contributed by atoms with Crippen LogP contribution in [0.15, 0.2) is 36.7 Å². The van der Waals surface area contributed by atoms with Crippen LogP contribution in [0.3, 0.4) is 0 Å². The number of carbonyl (C=O) groups is 2. The van der Waals surface area contributed by atoms with E-state index in [0.717, 1.165) is 17.1 Å². The van der Waals surface area contributed by atoms with Crippen LogP contribution in [0.2, 0.25) is 0 Å². The first-order valence-corrected chi connectivity index (χ1v) is 9.86. The average molecular weight is 398 g/mol. The molecule has 4 rings (SSSR count). The van der Waals surface area contributed by atoms with E-state index in [1.165, 1.54) is 0 Å². The first kappa shape index (κ1) is 19.4. The SMILES string of the molecule is CNC(=O)C1Cn2ccnc2C2(CCN(C(=O)Cc3cccc(OC)c3)CC2)O1. The van der Waals surface area contributed by atoms with Crippen molar-refractivity contribution < 1.29 is 19.1 Å². The number of ether oxygens (including phenoxy) is 2.